The van der Waals surface area contributed by atoms with Crippen LogP contribution >= 0.6 is 0 Å². The van der Waals surface area contributed by atoms with Gasteiger partial charge in [0.1, 0.15) is 7.05 Å². The first-order valence-corrected chi connectivity index (χ1v) is 7.70. The van der Waals surface area contributed by atoms with Gasteiger partial charge in [0.05, 0.1) is 0 Å². The molecule has 0 unspecified atom stereocenters. The lowest BCUT2D eigenvalue weighted by molar-refractivity contribution is -0.660. The number of nitrogens with zero attached hydrogens (tertiary/aromatic N) is 1. The minimum atomic E-state index is 1.26. The Morgan fingerprint density at radius 3 is 2.18 bits per heavy atom. The third-order valence-electron chi connectivity index (χ3n) is 4.35. The van der Waals surface area contributed by atoms with Crippen LogP contribution in [0.4, 0.5) is 0 Å². The molecule has 22 heavy (non-hydrogen) atoms. The third kappa shape index (κ3) is 2.55. The molecule has 3 aromatic rings. The second-order valence-corrected chi connectivity index (χ2v) is 5.99. The van der Waals surface area contributed by atoms with E-state index in [1.807, 2.05) is 0 Å². The number of aromatic nitrogens is 1. The molecule has 0 bridgehead atoms. The zero-order chi connectivity index (χ0) is 15.7. The van der Waals surface area contributed by atoms with Crippen molar-refractivity contribution in [2.45, 2.75) is 20.8 Å². The van der Waals surface area contributed by atoms with Crippen LogP contribution in [-0.4, -0.2) is 0 Å². The Labute approximate surface area is 132 Å². The molecule has 2 aromatic carbocycles. The standard InChI is InChI=1S/C21H22N/c1-15-12-13-22(4)21(14-15)20-11-7-10-19(17(20)3)18-9-6-5-8-16(18)2/h5-14H,1-4H3/q+1. The van der Waals surface area contributed by atoms with Crippen LogP contribution in [0.1, 0.15) is 16.7 Å². The van der Waals surface area contributed by atoms with E-state index in [1.165, 1.54) is 39.1 Å². The SMILES string of the molecule is Cc1cc[n+](C)c(-c2cccc(-c3ccccc3C)c2C)c1. The van der Waals surface area contributed by atoms with Gasteiger partial charge in [-0.25, -0.2) is 4.57 Å². The van der Waals surface area contributed by atoms with E-state index in [9.17, 15) is 0 Å². The maximum Gasteiger partial charge on any atom is 0.212 e. The lowest BCUT2D eigenvalue weighted by Crippen LogP contribution is -2.30. The van der Waals surface area contributed by atoms with Gasteiger partial charge in [-0.15, -0.1) is 0 Å². The average molecular weight is 288 g/mol. The maximum atomic E-state index is 2.25. The molecule has 110 valence electrons. The molecule has 1 heteroatoms. The van der Waals surface area contributed by atoms with Gasteiger partial charge in [-0.3, -0.25) is 0 Å². The molecule has 0 radical (unpaired) electrons. The van der Waals surface area contributed by atoms with Crippen LogP contribution in [0.15, 0.2) is 60.8 Å². The first-order chi connectivity index (χ1) is 10.6. The number of hydrogen-bond acceptors (Lipinski definition) is 0. The summed E-state index contributed by atoms with van der Waals surface area (Å²) in [5, 5.41) is 0. The van der Waals surface area contributed by atoms with E-state index >= 15 is 0 Å². The Morgan fingerprint density at radius 2 is 1.41 bits per heavy atom. The Bertz CT molecular complexity index is 831. The minimum Gasteiger partial charge on any atom is -0.201 e. The number of pyridine rings is 1. The highest BCUT2D eigenvalue weighted by atomic mass is 14.9. The quantitative estimate of drug-likeness (QED) is 0.598. The fourth-order valence-electron chi connectivity index (χ4n) is 3.02. The fraction of sp³-hybridized carbons (Fsp3) is 0.190. The molecule has 0 N–H and O–H groups in total. The third-order valence-corrected chi connectivity index (χ3v) is 4.35. The van der Waals surface area contributed by atoms with Crippen molar-refractivity contribution in [1.29, 1.82) is 0 Å². The summed E-state index contributed by atoms with van der Waals surface area (Å²) in [4.78, 5) is 0. The highest BCUT2D eigenvalue weighted by molar-refractivity contribution is 5.77. The molecular weight excluding hydrogens is 266 g/mol. The highest BCUT2D eigenvalue weighted by Gasteiger charge is 2.15. The van der Waals surface area contributed by atoms with Gasteiger partial charge in [-0.2, -0.15) is 0 Å². The van der Waals surface area contributed by atoms with Gasteiger partial charge in [0.15, 0.2) is 6.20 Å². The van der Waals surface area contributed by atoms with Crippen molar-refractivity contribution >= 4 is 0 Å². The zero-order valence-electron chi connectivity index (χ0n) is 13.7. The molecule has 3 rings (SSSR count). The summed E-state index contributed by atoms with van der Waals surface area (Å²) >= 11 is 0. The molecular formula is C21H22N+. The highest BCUT2D eigenvalue weighted by Crippen LogP contribution is 2.32. The van der Waals surface area contributed by atoms with Gasteiger partial charge in [0.25, 0.3) is 0 Å². The Balaban J connectivity index is 2.22. The van der Waals surface area contributed by atoms with E-state index < -0.39 is 0 Å². The largest absolute Gasteiger partial charge is 0.212 e. The van der Waals surface area contributed by atoms with Gasteiger partial charge in [0.2, 0.25) is 5.69 Å². The van der Waals surface area contributed by atoms with Crippen LogP contribution in [0.5, 0.6) is 0 Å². The number of hydrogen-bond donors (Lipinski definition) is 0. The molecule has 0 aliphatic heterocycles. The predicted octanol–water partition coefficient (Wildman–Crippen LogP) is 4.77. The summed E-state index contributed by atoms with van der Waals surface area (Å²) in [6.07, 6.45) is 2.13. The van der Waals surface area contributed by atoms with Crippen LogP contribution in [-0.2, 0) is 7.05 Å². The summed E-state index contributed by atoms with van der Waals surface area (Å²) in [7, 11) is 2.11. The first kappa shape index (κ1) is 14.5. The van der Waals surface area contributed by atoms with Gasteiger partial charge < -0.3 is 0 Å². The van der Waals surface area contributed by atoms with Crippen molar-refractivity contribution in [3.63, 3.8) is 0 Å². The molecule has 0 spiro atoms. The molecule has 1 nitrogen and oxygen atoms in total. The lowest BCUT2D eigenvalue weighted by atomic mass is 9.92. The monoisotopic (exact) mass is 288 g/mol. The predicted molar refractivity (Wildman–Crippen MR) is 92.7 cm³/mol. The fourth-order valence-corrected chi connectivity index (χ4v) is 3.02. The van der Waals surface area contributed by atoms with Crippen LogP contribution in [0.25, 0.3) is 22.4 Å². The van der Waals surface area contributed by atoms with Crippen molar-refractivity contribution in [2.24, 2.45) is 7.05 Å². The molecule has 0 saturated heterocycles. The second kappa shape index (κ2) is 5.76. The molecule has 1 heterocycles. The Hall–Kier alpha value is -2.41. The van der Waals surface area contributed by atoms with Crippen molar-refractivity contribution < 1.29 is 4.57 Å². The molecule has 0 fully saturated rings. The second-order valence-electron chi connectivity index (χ2n) is 5.99. The molecule has 0 aliphatic carbocycles. The summed E-state index contributed by atoms with van der Waals surface area (Å²) < 4.78 is 2.19. The molecule has 0 amide bonds. The summed E-state index contributed by atoms with van der Waals surface area (Å²) in [5.41, 5.74) is 9.12. The number of benzene rings is 2. The number of rotatable bonds is 2. The van der Waals surface area contributed by atoms with Crippen LogP contribution in [0, 0.1) is 20.8 Å². The van der Waals surface area contributed by atoms with Crippen molar-refractivity contribution in [1.82, 2.24) is 0 Å². The molecule has 0 atom stereocenters. The summed E-state index contributed by atoms with van der Waals surface area (Å²) in [6, 6.07) is 19.6. The molecule has 0 saturated carbocycles. The maximum absolute atomic E-state index is 2.25. The summed E-state index contributed by atoms with van der Waals surface area (Å²) in [6.45, 7) is 6.54. The normalized spacial score (nSPS) is 10.7. The molecule has 0 aliphatic rings. The van der Waals surface area contributed by atoms with Crippen LogP contribution in [0.2, 0.25) is 0 Å². The minimum absolute atomic E-state index is 1.26. The van der Waals surface area contributed by atoms with Gasteiger partial charge in [-0.05, 0) is 54.7 Å². The van der Waals surface area contributed by atoms with E-state index in [0.717, 1.165) is 0 Å². The van der Waals surface area contributed by atoms with E-state index in [4.69, 9.17) is 0 Å². The molecule has 1 aromatic heterocycles. The topological polar surface area (TPSA) is 3.88 Å². The zero-order valence-corrected chi connectivity index (χ0v) is 13.7. The van der Waals surface area contributed by atoms with E-state index in [-0.39, 0.29) is 0 Å². The van der Waals surface area contributed by atoms with E-state index in [0.29, 0.717) is 0 Å². The van der Waals surface area contributed by atoms with Gasteiger partial charge in [0, 0.05) is 17.7 Å². The Kier molecular flexibility index (Phi) is 3.81. The van der Waals surface area contributed by atoms with E-state index in [1.54, 1.807) is 0 Å². The van der Waals surface area contributed by atoms with E-state index in [2.05, 4.69) is 93.2 Å². The van der Waals surface area contributed by atoms with Gasteiger partial charge >= 0.3 is 0 Å². The lowest BCUT2D eigenvalue weighted by Gasteiger charge is -2.12. The van der Waals surface area contributed by atoms with Crippen molar-refractivity contribution in [2.75, 3.05) is 0 Å². The average Bonchev–Trinajstić information content (AvgIpc) is 2.51. The van der Waals surface area contributed by atoms with Crippen LogP contribution < -0.4 is 4.57 Å². The Morgan fingerprint density at radius 1 is 0.727 bits per heavy atom. The van der Waals surface area contributed by atoms with Crippen molar-refractivity contribution in [3.05, 3.63) is 77.5 Å². The first-order valence-electron chi connectivity index (χ1n) is 7.70. The number of aryl methyl sites for hydroxylation is 3. The smallest absolute Gasteiger partial charge is 0.201 e. The van der Waals surface area contributed by atoms with Crippen LogP contribution in [0.3, 0.4) is 0 Å². The van der Waals surface area contributed by atoms with Crippen molar-refractivity contribution in [3.8, 4) is 22.4 Å². The van der Waals surface area contributed by atoms with Gasteiger partial charge in [-0.1, -0.05) is 36.4 Å². The summed E-state index contributed by atoms with van der Waals surface area (Å²) in [5.74, 6) is 0.